The number of nitrogens with zero attached hydrogens (tertiary/aromatic N) is 1. The zero-order valence-electron chi connectivity index (χ0n) is 12.5. The number of benzene rings is 2. The van der Waals surface area contributed by atoms with Gasteiger partial charge in [0.2, 0.25) is 0 Å². The lowest BCUT2D eigenvalue weighted by molar-refractivity contribution is 0.103. The summed E-state index contributed by atoms with van der Waals surface area (Å²) in [5, 5.41) is 0.251. The van der Waals surface area contributed by atoms with Gasteiger partial charge in [-0.3, -0.25) is 14.4 Å². The Bertz CT molecular complexity index is 1040. The lowest BCUT2D eigenvalue weighted by Crippen LogP contribution is -2.18. The SMILES string of the molecule is Cn1c(=O)cc(C(=O)Cl)c2cc(C(=O)c3ccc(Cl)cc3)ccc21. The molecule has 0 saturated heterocycles. The second-order valence-electron chi connectivity index (χ2n) is 5.30. The van der Waals surface area contributed by atoms with Gasteiger partial charge < -0.3 is 4.57 Å². The van der Waals surface area contributed by atoms with Gasteiger partial charge in [0.15, 0.2) is 5.78 Å². The maximum atomic E-state index is 12.6. The molecule has 0 bridgehead atoms. The van der Waals surface area contributed by atoms with E-state index in [1.54, 1.807) is 49.5 Å². The molecule has 4 nitrogen and oxygen atoms in total. The van der Waals surface area contributed by atoms with Gasteiger partial charge >= 0.3 is 0 Å². The fourth-order valence-electron chi connectivity index (χ4n) is 2.53. The van der Waals surface area contributed by atoms with Gasteiger partial charge in [-0.2, -0.15) is 0 Å². The van der Waals surface area contributed by atoms with Crippen LogP contribution < -0.4 is 5.56 Å². The van der Waals surface area contributed by atoms with Crippen LogP contribution >= 0.6 is 23.2 Å². The molecule has 6 heteroatoms. The Morgan fingerprint density at radius 2 is 1.58 bits per heavy atom. The first-order valence-corrected chi connectivity index (χ1v) is 7.78. The molecule has 0 saturated carbocycles. The van der Waals surface area contributed by atoms with E-state index in [9.17, 15) is 14.4 Å². The Hall–Kier alpha value is -2.43. The molecule has 0 aliphatic carbocycles. The van der Waals surface area contributed by atoms with E-state index in [1.165, 1.54) is 10.6 Å². The number of ketones is 1. The quantitative estimate of drug-likeness (QED) is 0.527. The number of pyridine rings is 1. The molecule has 0 aliphatic heterocycles. The Kier molecular flexibility index (Phi) is 4.26. The molecule has 24 heavy (non-hydrogen) atoms. The molecule has 0 atom stereocenters. The monoisotopic (exact) mass is 359 g/mol. The van der Waals surface area contributed by atoms with E-state index in [0.29, 0.717) is 27.1 Å². The van der Waals surface area contributed by atoms with Crippen molar-refractivity contribution in [1.82, 2.24) is 4.57 Å². The predicted octanol–water partition coefficient (Wildman–Crippen LogP) is 3.80. The van der Waals surface area contributed by atoms with Gasteiger partial charge in [0.1, 0.15) is 0 Å². The first-order valence-electron chi connectivity index (χ1n) is 7.02. The maximum absolute atomic E-state index is 12.6. The van der Waals surface area contributed by atoms with Gasteiger partial charge in [0.25, 0.3) is 10.8 Å². The largest absolute Gasteiger partial charge is 0.311 e. The van der Waals surface area contributed by atoms with Crippen LogP contribution in [0, 0.1) is 0 Å². The smallest absolute Gasteiger partial charge is 0.253 e. The van der Waals surface area contributed by atoms with E-state index < -0.39 is 5.24 Å². The normalized spacial score (nSPS) is 10.8. The predicted molar refractivity (Wildman–Crippen MR) is 94.3 cm³/mol. The van der Waals surface area contributed by atoms with Crippen molar-refractivity contribution >= 4 is 45.1 Å². The minimum Gasteiger partial charge on any atom is -0.311 e. The summed E-state index contributed by atoms with van der Waals surface area (Å²) in [7, 11) is 1.59. The Balaban J connectivity index is 2.21. The topological polar surface area (TPSA) is 56.1 Å². The zero-order valence-corrected chi connectivity index (χ0v) is 14.1. The van der Waals surface area contributed by atoms with Gasteiger partial charge in [0, 0.05) is 40.2 Å². The molecule has 0 N–H and O–H groups in total. The Morgan fingerprint density at radius 1 is 0.958 bits per heavy atom. The molecule has 0 radical (unpaired) electrons. The van der Waals surface area contributed by atoms with Gasteiger partial charge in [-0.1, -0.05) is 11.6 Å². The molecule has 3 rings (SSSR count). The molecule has 3 aromatic rings. The van der Waals surface area contributed by atoms with E-state index in [4.69, 9.17) is 23.2 Å². The highest BCUT2D eigenvalue weighted by molar-refractivity contribution is 6.68. The molecule has 0 aliphatic rings. The highest BCUT2D eigenvalue weighted by Crippen LogP contribution is 2.22. The lowest BCUT2D eigenvalue weighted by Gasteiger charge is -2.09. The van der Waals surface area contributed by atoms with Crippen molar-refractivity contribution in [2.75, 3.05) is 0 Å². The first kappa shape index (κ1) is 16.4. The van der Waals surface area contributed by atoms with E-state index in [1.807, 2.05) is 0 Å². The second-order valence-corrected chi connectivity index (χ2v) is 6.08. The van der Waals surface area contributed by atoms with E-state index in [-0.39, 0.29) is 16.9 Å². The summed E-state index contributed by atoms with van der Waals surface area (Å²) in [6, 6.07) is 12.5. The van der Waals surface area contributed by atoms with Gasteiger partial charge in [-0.15, -0.1) is 0 Å². The molecular formula is C18H11Cl2NO3. The van der Waals surface area contributed by atoms with Gasteiger partial charge in [-0.05, 0) is 54.1 Å². The van der Waals surface area contributed by atoms with Crippen molar-refractivity contribution in [3.63, 3.8) is 0 Å². The molecule has 0 amide bonds. The third-order valence-electron chi connectivity index (χ3n) is 3.83. The minimum absolute atomic E-state index is 0.0838. The van der Waals surface area contributed by atoms with E-state index >= 15 is 0 Å². The number of rotatable bonds is 3. The van der Waals surface area contributed by atoms with Gasteiger partial charge in [0.05, 0.1) is 5.52 Å². The fourth-order valence-corrected chi connectivity index (χ4v) is 2.82. The highest BCUT2D eigenvalue weighted by atomic mass is 35.5. The molecule has 1 heterocycles. The number of carbonyl (C=O) groups is 2. The second kappa shape index (κ2) is 6.23. The van der Waals surface area contributed by atoms with Crippen molar-refractivity contribution < 1.29 is 9.59 Å². The maximum Gasteiger partial charge on any atom is 0.253 e. The summed E-state index contributed by atoms with van der Waals surface area (Å²) in [5.74, 6) is -0.213. The average Bonchev–Trinajstić information content (AvgIpc) is 2.57. The van der Waals surface area contributed by atoms with Crippen LogP contribution in [0.25, 0.3) is 10.9 Å². The Labute approximate surface area is 147 Å². The molecule has 2 aromatic carbocycles. The van der Waals surface area contributed by atoms with Crippen LogP contribution in [0.4, 0.5) is 0 Å². The summed E-state index contributed by atoms with van der Waals surface area (Å²) in [5.41, 5.74) is 1.13. The summed E-state index contributed by atoms with van der Waals surface area (Å²) in [6.45, 7) is 0. The van der Waals surface area contributed by atoms with E-state index in [0.717, 1.165) is 0 Å². The minimum atomic E-state index is -0.742. The molecular weight excluding hydrogens is 349 g/mol. The van der Waals surface area contributed by atoms with Crippen molar-refractivity contribution in [2.45, 2.75) is 0 Å². The van der Waals surface area contributed by atoms with Crippen molar-refractivity contribution in [1.29, 1.82) is 0 Å². The summed E-state index contributed by atoms with van der Waals surface area (Å²) in [6.07, 6.45) is 0. The van der Waals surface area contributed by atoms with Crippen LogP contribution in [0.3, 0.4) is 0 Å². The fraction of sp³-hybridized carbons (Fsp3) is 0.0556. The number of hydrogen-bond acceptors (Lipinski definition) is 3. The van der Waals surface area contributed by atoms with Gasteiger partial charge in [-0.25, -0.2) is 0 Å². The van der Waals surface area contributed by atoms with Crippen LogP contribution in [0.5, 0.6) is 0 Å². The van der Waals surface area contributed by atoms with Crippen molar-refractivity contribution in [3.05, 3.63) is 80.6 Å². The van der Waals surface area contributed by atoms with Crippen LogP contribution in [-0.4, -0.2) is 15.6 Å². The molecule has 1 aromatic heterocycles. The van der Waals surface area contributed by atoms with Crippen LogP contribution in [0.2, 0.25) is 5.02 Å². The standard InChI is InChI=1S/C18H11Cl2NO3/c1-21-15-7-4-11(17(23)10-2-5-12(19)6-3-10)8-13(15)14(18(20)24)9-16(21)22/h2-9H,1H3. The third-order valence-corrected chi connectivity index (χ3v) is 4.28. The lowest BCUT2D eigenvalue weighted by atomic mass is 10.00. The molecule has 0 fully saturated rings. The number of aromatic nitrogens is 1. The Morgan fingerprint density at radius 3 is 2.21 bits per heavy atom. The van der Waals surface area contributed by atoms with Crippen molar-refractivity contribution in [2.24, 2.45) is 7.05 Å². The molecule has 0 spiro atoms. The number of hydrogen-bond donors (Lipinski definition) is 0. The highest BCUT2D eigenvalue weighted by Gasteiger charge is 2.15. The number of fused-ring (bicyclic) bond motifs is 1. The van der Waals surface area contributed by atoms with Crippen LogP contribution in [-0.2, 0) is 7.05 Å². The number of halogens is 2. The summed E-state index contributed by atoms with van der Waals surface area (Å²) in [4.78, 5) is 36.1. The van der Waals surface area contributed by atoms with Crippen LogP contribution in [0.15, 0.2) is 53.3 Å². The molecule has 120 valence electrons. The first-order chi connectivity index (χ1) is 11.4. The molecule has 0 unspecified atom stereocenters. The van der Waals surface area contributed by atoms with E-state index in [2.05, 4.69) is 0 Å². The number of carbonyl (C=O) groups excluding carboxylic acids is 2. The summed E-state index contributed by atoms with van der Waals surface area (Å²) < 4.78 is 1.40. The van der Waals surface area contributed by atoms with Crippen molar-refractivity contribution in [3.8, 4) is 0 Å². The zero-order chi connectivity index (χ0) is 17.4. The third kappa shape index (κ3) is 2.86. The van der Waals surface area contributed by atoms with Crippen LogP contribution in [0.1, 0.15) is 26.3 Å². The average molecular weight is 360 g/mol. The summed E-state index contributed by atoms with van der Waals surface area (Å²) >= 11 is 11.4. The number of aryl methyl sites for hydroxylation is 1.